The Morgan fingerprint density at radius 1 is 1.18 bits per heavy atom. The Kier molecular flexibility index (Phi) is 9.07. The lowest BCUT2D eigenvalue weighted by molar-refractivity contribution is -0.153. The molecule has 210 valence electrons. The van der Waals surface area contributed by atoms with Crippen LogP contribution in [0.2, 0.25) is 0 Å². The van der Waals surface area contributed by atoms with Crippen LogP contribution in [-0.2, 0) is 17.8 Å². The standard InChI is InChI=1S/C29H33F4N3O3/c1-39-20-4-5-25-21(15-20)26(19(16-34)17-35-25)22(30)6-7-29(28(37)38)8-11-36(12-9-29)10-2-3-18-13-23(31)27(33)24(32)14-18/h4-5,13-15,17,22H,2-3,6-12,16,34H2,1H3,(H,37,38)/t22-/m1/s1. The van der Waals surface area contributed by atoms with Gasteiger partial charge in [-0.2, -0.15) is 0 Å². The molecule has 1 aliphatic rings. The average molecular weight is 548 g/mol. The highest BCUT2D eigenvalue weighted by Gasteiger charge is 2.41. The number of carboxylic acid groups (broad SMARTS) is 1. The summed E-state index contributed by atoms with van der Waals surface area (Å²) in [6.45, 7) is 1.73. The van der Waals surface area contributed by atoms with Gasteiger partial charge in [0.15, 0.2) is 17.5 Å². The fourth-order valence-corrected chi connectivity index (χ4v) is 5.47. The van der Waals surface area contributed by atoms with Crippen molar-refractivity contribution in [1.29, 1.82) is 0 Å². The molecule has 0 unspecified atom stereocenters. The van der Waals surface area contributed by atoms with E-state index in [9.17, 15) is 23.1 Å². The van der Waals surface area contributed by atoms with Gasteiger partial charge < -0.3 is 20.5 Å². The summed E-state index contributed by atoms with van der Waals surface area (Å²) in [5.74, 6) is -4.27. The average Bonchev–Trinajstić information content (AvgIpc) is 2.94. The Bertz CT molecular complexity index is 1300. The smallest absolute Gasteiger partial charge is 0.309 e. The summed E-state index contributed by atoms with van der Waals surface area (Å²) >= 11 is 0. The number of rotatable bonds is 11. The van der Waals surface area contributed by atoms with Crippen LogP contribution in [-0.4, -0.2) is 47.7 Å². The van der Waals surface area contributed by atoms with Crippen molar-refractivity contribution in [3.8, 4) is 5.75 Å². The summed E-state index contributed by atoms with van der Waals surface area (Å²) in [6.07, 6.45) is 2.01. The summed E-state index contributed by atoms with van der Waals surface area (Å²) in [7, 11) is 1.53. The maximum absolute atomic E-state index is 15.8. The molecule has 0 aliphatic carbocycles. The van der Waals surface area contributed by atoms with Gasteiger partial charge in [0.05, 0.1) is 18.0 Å². The zero-order valence-corrected chi connectivity index (χ0v) is 21.9. The molecule has 2 aromatic carbocycles. The van der Waals surface area contributed by atoms with Gasteiger partial charge in [0.1, 0.15) is 11.9 Å². The van der Waals surface area contributed by atoms with E-state index in [1.807, 2.05) is 0 Å². The molecule has 10 heteroatoms. The van der Waals surface area contributed by atoms with Gasteiger partial charge in [0.25, 0.3) is 0 Å². The van der Waals surface area contributed by atoms with Crippen molar-refractivity contribution < 1.29 is 32.2 Å². The van der Waals surface area contributed by atoms with E-state index in [0.717, 1.165) is 12.1 Å². The third-order valence-corrected chi connectivity index (χ3v) is 7.86. The summed E-state index contributed by atoms with van der Waals surface area (Å²) in [4.78, 5) is 18.8. The number of methoxy groups -OCH3 is 1. The first-order valence-electron chi connectivity index (χ1n) is 13.1. The maximum Gasteiger partial charge on any atom is 0.309 e. The van der Waals surface area contributed by atoms with Crippen LogP contribution in [0.25, 0.3) is 10.9 Å². The first-order chi connectivity index (χ1) is 18.7. The van der Waals surface area contributed by atoms with E-state index in [1.165, 1.54) is 7.11 Å². The van der Waals surface area contributed by atoms with Gasteiger partial charge in [-0.1, -0.05) is 0 Å². The number of alkyl halides is 1. The highest BCUT2D eigenvalue weighted by Crippen LogP contribution is 2.41. The second-order valence-electron chi connectivity index (χ2n) is 10.2. The second-order valence-corrected chi connectivity index (χ2v) is 10.2. The third-order valence-electron chi connectivity index (χ3n) is 7.86. The van der Waals surface area contributed by atoms with E-state index < -0.39 is 35.0 Å². The topological polar surface area (TPSA) is 88.7 Å². The fourth-order valence-electron chi connectivity index (χ4n) is 5.47. The number of fused-ring (bicyclic) bond motifs is 1. The molecule has 1 atom stereocenters. The number of aromatic nitrogens is 1. The van der Waals surface area contributed by atoms with E-state index in [0.29, 0.717) is 78.7 Å². The largest absolute Gasteiger partial charge is 0.497 e. The molecule has 4 rings (SSSR count). The quantitative estimate of drug-likeness (QED) is 0.236. The molecule has 3 N–H and O–H groups in total. The molecule has 1 aromatic heterocycles. The van der Waals surface area contributed by atoms with Gasteiger partial charge >= 0.3 is 5.97 Å². The number of aryl methyl sites for hydroxylation is 1. The summed E-state index contributed by atoms with van der Waals surface area (Å²) < 4.78 is 61.2. The number of likely N-dealkylation sites (tertiary alicyclic amines) is 1. The van der Waals surface area contributed by atoms with E-state index >= 15 is 4.39 Å². The molecular weight excluding hydrogens is 514 g/mol. The molecule has 3 aromatic rings. The van der Waals surface area contributed by atoms with Crippen LogP contribution < -0.4 is 10.5 Å². The number of benzene rings is 2. The van der Waals surface area contributed by atoms with E-state index in [-0.39, 0.29) is 19.4 Å². The minimum Gasteiger partial charge on any atom is -0.497 e. The Balaban J connectivity index is 1.38. The van der Waals surface area contributed by atoms with Gasteiger partial charge in [0, 0.05) is 23.7 Å². The Morgan fingerprint density at radius 2 is 1.87 bits per heavy atom. The second kappa shape index (κ2) is 12.3. The number of ether oxygens (including phenoxy) is 1. The lowest BCUT2D eigenvalue weighted by Gasteiger charge is -2.39. The van der Waals surface area contributed by atoms with Crippen molar-refractivity contribution in [2.24, 2.45) is 11.1 Å². The maximum atomic E-state index is 15.8. The number of nitrogens with zero attached hydrogens (tertiary/aromatic N) is 2. The van der Waals surface area contributed by atoms with Crippen molar-refractivity contribution in [2.75, 3.05) is 26.7 Å². The van der Waals surface area contributed by atoms with E-state index in [1.54, 1.807) is 24.4 Å². The summed E-state index contributed by atoms with van der Waals surface area (Å²) in [5.41, 5.74) is 6.81. The molecule has 1 fully saturated rings. The molecule has 1 saturated heterocycles. The highest BCUT2D eigenvalue weighted by atomic mass is 19.2. The number of halogens is 4. The molecule has 2 heterocycles. The monoisotopic (exact) mass is 547 g/mol. The number of carbonyl (C=O) groups is 1. The van der Waals surface area contributed by atoms with Gasteiger partial charge in [-0.05, 0) is 99.6 Å². The van der Waals surface area contributed by atoms with Gasteiger partial charge in [-0.15, -0.1) is 0 Å². The minimum atomic E-state index is -1.48. The lowest BCUT2D eigenvalue weighted by Crippen LogP contribution is -2.44. The van der Waals surface area contributed by atoms with Crippen molar-refractivity contribution in [3.05, 3.63) is 70.7 Å². The molecule has 6 nitrogen and oxygen atoms in total. The van der Waals surface area contributed by atoms with E-state index in [2.05, 4.69) is 9.88 Å². The van der Waals surface area contributed by atoms with Gasteiger partial charge in [-0.25, -0.2) is 17.6 Å². The highest BCUT2D eigenvalue weighted by molar-refractivity contribution is 5.85. The van der Waals surface area contributed by atoms with Crippen LogP contribution in [0, 0.1) is 22.9 Å². The summed E-state index contributed by atoms with van der Waals surface area (Å²) in [5, 5.41) is 10.7. The van der Waals surface area contributed by atoms with Crippen LogP contribution in [0.15, 0.2) is 36.5 Å². The van der Waals surface area contributed by atoms with Crippen LogP contribution in [0.5, 0.6) is 5.75 Å². The number of carboxylic acids is 1. The molecule has 0 saturated carbocycles. The first-order valence-corrected chi connectivity index (χ1v) is 13.1. The lowest BCUT2D eigenvalue weighted by atomic mass is 9.74. The minimum absolute atomic E-state index is 0.0251. The van der Waals surface area contributed by atoms with Crippen molar-refractivity contribution in [1.82, 2.24) is 9.88 Å². The number of piperidine rings is 1. The SMILES string of the molecule is COc1ccc2ncc(CN)c([C@H](F)CCC3(C(=O)O)CCN(CCCc4cc(F)c(F)c(F)c4)CC3)c2c1. The molecular formula is C29H33F4N3O3. The number of nitrogens with two attached hydrogens (primary N) is 1. The third kappa shape index (κ3) is 6.33. The van der Waals surface area contributed by atoms with Crippen molar-refractivity contribution >= 4 is 16.9 Å². The Labute approximate surface area is 224 Å². The molecule has 39 heavy (non-hydrogen) atoms. The number of hydrogen-bond acceptors (Lipinski definition) is 5. The van der Waals surface area contributed by atoms with Crippen LogP contribution in [0.1, 0.15) is 55.0 Å². The van der Waals surface area contributed by atoms with Crippen LogP contribution in [0.4, 0.5) is 17.6 Å². The van der Waals surface area contributed by atoms with E-state index in [4.69, 9.17) is 10.5 Å². The molecule has 0 amide bonds. The first kappa shape index (κ1) is 28.8. The van der Waals surface area contributed by atoms with Crippen molar-refractivity contribution in [2.45, 2.75) is 51.2 Å². The molecule has 0 radical (unpaired) electrons. The zero-order valence-electron chi connectivity index (χ0n) is 21.9. The van der Waals surface area contributed by atoms with Crippen LogP contribution in [0.3, 0.4) is 0 Å². The number of pyridine rings is 1. The Morgan fingerprint density at radius 3 is 2.49 bits per heavy atom. The zero-order chi connectivity index (χ0) is 28.2. The number of aliphatic carboxylic acids is 1. The van der Waals surface area contributed by atoms with Gasteiger partial charge in [-0.3, -0.25) is 9.78 Å². The van der Waals surface area contributed by atoms with Gasteiger partial charge in [0.2, 0.25) is 0 Å². The predicted octanol–water partition coefficient (Wildman–Crippen LogP) is 5.71. The Hall–Kier alpha value is -3.24. The fraction of sp³-hybridized carbons (Fsp3) is 0.448. The molecule has 1 aliphatic heterocycles. The number of hydrogen-bond donors (Lipinski definition) is 2. The predicted molar refractivity (Wildman–Crippen MR) is 140 cm³/mol. The molecule has 0 spiro atoms. The van der Waals surface area contributed by atoms with Crippen molar-refractivity contribution in [3.63, 3.8) is 0 Å². The normalized spacial score (nSPS) is 16.4. The van der Waals surface area contributed by atoms with Crippen LogP contribution >= 0.6 is 0 Å². The summed E-state index contributed by atoms with van der Waals surface area (Å²) in [6, 6.07) is 7.22. The molecule has 0 bridgehead atoms.